The van der Waals surface area contributed by atoms with Crippen LogP contribution in [0.3, 0.4) is 0 Å². The van der Waals surface area contributed by atoms with Gasteiger partial charge in [-0.15, -0.1) is 0 Å². The maximum absolute atomic E-state index is 13.2. The standard InChI is InChI=1S/C24H29ClF2N4O3/c25-19-3-1-16(2-4-19)24(33)17-5-8-30(9-6-17)14-23(32)31(12-21(26)27)13-22-28-11-18-15-34-10-7-20(18)29-22/h1-4,17,21H,5-15H2,(H,28,29). The minimum atomic E-state index is -2.63. The van der Waals surface area contributed by atoms with E-state index in [4.69, 9.17) is 16.3 Å². The van der Waals surface area contributed by atoms with Crippen LogP contribution < -0.4 is 5.32 Å². The molecule has 3 heterocycles. The number of Topliss-reactive ketones (excluding diaryl/α,β-unsaturated/α-hetero) is 1. The minimum Gasteiger partial charge on any atom is -0.377 e. The number of nitrogens with one attached hydrogen (secondary N) is 1. The lowest BCUT2D eigenvalue weighted by atomic mass is 9.89. The molecule has 0 aromatic heterocycles. The number of amides is 1. The Morgan fingerprint density at radius 3 is 2.68 bits per heavy atom. The number of hydrogen-bond donors (Lipinski definition) is 1. The Bertz CT molecular complexity index is 959. The first-order valence-electron chi connectivity index (χ1n) is 11.6. The summed E-state index contributed by atoms with van der Waals surface area (Å²) in [5, 5.41) is 3.79. The number of rotatable bonds is 8. The second-order valence-corrected chi connectivity index (χ2v) is 9.30. The van der Waals surface area contributed by atoms with Gasteiger partial charge in [0.05, 0.1) is 39.4 Å². The number of hydrogen-bond acceptors (Lipinski definition) is 6. The van der Waals surface area contributed by atoms with Gasteiger partial charge in [0.2, 0.25) is 5.91 Å². The maximum Gasteiger partial charge on any atom is 0.255 e. The van der Waals surface area contributed by atoms with Gasteiger partial charge >= 0.3 is 0 Å². The van der Waals surface area contributed by atoms with Crippen LogP contribution in [0, 0.1) is 5.92 Å². The molecule has 184 valence electrons. The molecule has 0 unspecified atom stereocenters. The average Bonchev–Trinajstić information content (AvgIpc) is 2.84. The molecule has 1 N–H and O–H groups in total. The minimum absolute atomic E-state index is 0.0202. The van der Waals surface area contributed by atoms with E-state index in [2.05, 4.69) is 10.3 Å². The van der Waals surface area contributed by atoms with Gasteiger partial charge in [-0.2, -0.15) is 0 Å². The quantitative estimate of drug-likeness (QED) is 0.562. The van der Waals surface area contributed by atoms with Crippen molar-refractivity contribution in [1.29, 1.82) is 0 Å². The topological polar surface area (TPSA) is 74.2 Å². The molecule has 3 aliphatic heterocycles. The van der Waals surface area contributed by atoms with Crippen LogP contribution in [0.4, 0.5) is 8.78 Å². The molecule has 1 amide bonds. The summed E-state index contributed by atoms with van der Waals surface area (Å²) in [4.78, 5) is 33.2. The first-order valence-corrected chi connectivity index (χ1v) is 11.9. The molecule has 1 aromatic rings. The van der Waals surface area contributed by atoms with E-state index in [-0.39, 0.29) is 30.7 Å². The molecule has 0 bridgehead atoms. The van der Waals surface area contributed by atoms with Crippen LogP contribution >= 0.6 is 11.6 Å². The predicted molar refractivity (Wildman–Crippen MR) is 125 cm³/mol. The lowest BCUT2D eigenvalue weighted by molar-refractivity contribution is -0.133. The van der Waals surface area contributed by atoms with Crippen LogP contribution in [-0.2, 0) is 9.53 Å². The molecule has 4 rings (SSSR count). The van der Waals surface area contributed by atoms with Crippen molar-refractivity contribution >= 4 is 29.1 Å². The molecule has 1 saturated heterocycles. The zero-order valence-corrected chi connectivity index (χ0v) is 19.7. The summed E-state index contributed by atoms with van der Waals surface area (Å²) in [5.41, 5.74) is 2.72. The van der Waals surface area contributed by atoms with Crippen LogP contribution in [0.1, 0.15) is 29.6 Å². The third-order valence-electron chi connectivity index (χ3n) is 6.45. The summed E-state index contributed by atoms with van der Waals surface area (Å²) in [6.45, 7) is 2.14. The van der Waals surface area contributed by atoms with Gasteiger partial charge < -0.3 is 15.0 Å². The fraction of sp³-hybridized carbons (Fsp3) is 0.542. The van der Waals surface area contributed by atoms with Crippen LogP contribution in [0.25, 0.3) is 0 Å². The number of alkyl halides is 2. The molecule has 1 aromatic carbocycles. The van der Waals surface area contributed by atoms with Gasteiger partial charge in [0.25, 0.3) is 6.43 Å². The second kappa shape index (κ2) is 11.4. The highest BCUT2D eigenvalue weighted by atomic mass is 35.5. The molecule has 0 atom stereocenters. The number of ether oxygens (including phenoxy) is 1. The summed E-state index contributed by atoms with van der Waals surface area (Å²) in [6.07, 6.45) is -0.664. The summed E-state index contributed by atoms with van der Waals surface area (Å²) in [5.74, 6) is 0.124. The van der Waals surface area contributed by atoms with Crippen LogP contribution in [-0.4, -0.2) is 86.2 Å². The number of nitrogens with zero attached hydrogens (tertiary/aromatic N) is 3. The molecule has 1 fully saturated rings. The Morgan fingerprint density at radius 2 is 1.97 bits per heavy atom. The molecule has 7 nitrogen and oxygen atoms in total. The Balaban J connectivity index is 1.29. The molecule has 10 heteroatoms. The van der Waals surface area contributed by atoms with Gasteiger partial charge in [-0.3, -0.25) is 19.5 Å². The van der Waals surface area contributed by atoms with Gasteiger partial charge in [-0.25, -0.2) is 8.78 Å². The van der Waals surface area contributed by atoms with Gasteiger partial charge in [-0.1, -0.05) is 11.6 Å². The zero-order valence-electron chi connectivity index (χ0n) is 18.9. The number of benzene rings is 1. The predicted octanol–water partition coefficient (Wildman–Crippen LogP) is 3.00. The number of piperidine rings is 1. The van der Waals surface area contributed by atoms with E-state index in [1.165, 1.54) is 4.90 Å². The lowest BCUT2D eigenvalue weighted by Crippen LogP contribution is -2.49. The van der Waals surface area contributed by atoms with Gasteiger partial charge in [-0.05, 0) is 55.8 Å². The molecule has 0 saturated carbocycles. The van der Waals surface area contributed by atoms with Crippen molar-refractivity contribution in [3.63, 3.8) is 0 Å². The molecular weight excluding hydrogens is 466 g/mol. The zero-order chi connectivity index (χ0) is 24.1. The molecule has 0 radical (unpaired) electrons. The number of aliphatic imine (C=N–C) groups is 1. The highest BCUT2D eigenvalue weighted by Gasteiger charge is 2.29. The van der Waals surface area contributed by atoms with E-state index in [0.29, 0.717) is 62.1 Å². The van der Waals surface area contributed by atoms with E-state index in [0.717, 1.165) is 17.7 Å². The van der Waals surface area contributed by atoms with E-state index in [1.54, 1.807) is 24.3 Å². The molecule has 0 aliphatic carbocycles. The Morgan fingerprint density at radius 1 is 1.24 bits per heavy atom. The Hall–Kier alpha value is -2.36. The average molecular weight is 495 g/mol. The summed E-state index contributed by atoms with van der Waals surface area (Å²) < 4.78 is 31.9. The smallest absolute Gasteiger partial charge is 0.255 e. The van der Waals surface area contributed by atoms with Gasteiger partial charge in [0, 0.05) is 28.6 Å². The van der Waals surface area contributed by atoms with Crippen molar-refractivity contribution in [2.24, 2.45) is 10.9 Å². The molecule has 0 spiro atoms. The number of ketones is 1. The number of likely N-dealkylation sites (tertiary alicyclic amines) is 1. The lowest BCUT2D eigenvalue weighted by Gasteiger charge is -2.33. The van der Waals surface area contributed by atoms with Crippen LogP contribution in [0.15, 0.2) is 40.5 Å². The van der Waals surface area contributed by atoms with Gasteiger partial charge in [0.15, 0.2) is 5.78 Å². The van der Waals surface area contributed by atoms with E-state index >= 15 is 0 Å². The van der Waals surface area contributed by atoms with Crippen molar-refractivity contribution in [2.45, 2.75) is 25.7 Å². The van der Waals surface area contributed by atoms with Crippen LogP contribution in [0.5, 0.6) is 0 Å². The fourth-order valence-electron chi connectivity index (χ4n) is 4.52. The summed E-state index contributed by atoms with van der Waals surface area (Å²) in [6, 6.07) is 6.85. The highest BCUT2D eigenvalue weighted by molar-refractivity contribution is 6.30. The van der Waals surface area contributed by atoms with Crippen molar-refractivity contribution in [2.75, 3.05) is 52.5 Å². The van der Waals surface area contributed by atoms with Crippen molar-refractivity contribution in [3.05, 3.63) is 46.1 Å². The number of amidine groups is 1. The number of carbonyl (C=O) groups is 2. The normalized spacial score (nSPS) is 19.5. The summed E-state index contributed by atoms with van der Waals surface area (Å²) >= 11 is 5.90. The largest absolute Gasteiger partial charge is 0.377 e. The molecule has 3 aliphatic rings. The third kappa shape index (κ3) is 6.40. The molecule has 34 heavy (non-hydrogen) atoms. The monoisotopic (exact) mass is 494 g/mol. The van der Waals surface area contributed by atoms with E-state index < -0.39 is 13.0 Å². The summed E-state index contributed by atoms with van der Waals surface area (Å²) in [7, 11) is 0. The van der Waals surface area contributed by atoms with Crippen LogP contribution in [0.2, 0.25) is 5.02 Å². The van der Waals surface area contributed by atoms with Crippen molar-refractivity contribution in [1.82, 2.24) is 15.1 Å². The van der Waals surface area contributed by atoms with E-state index in [1.807, 2.05) is 4.90 Å². The second-order valence-electron chi connectivity index (χ2n) is 8.86. The third-order valence-corrected chi connectivity index (χ3v) is 6.71. The fourth-order valence-corrected chi connectivity index (χ4v) is 4.64. The number of carbonyl (C=O) groups excluding carboxylic acids is 2. The first kappa shape index (κ1) is 24.8. The van der Waals surface area contributed by atoms with E-state index in [9.17, 15) is 18.4 Å². The Labute approximate surface area is 202 Å². The Kier molecular flexibility index (Phi) is 8.28. The maximum atomic E-state index is 13.2. The highest BCUT2D eigenvalue weighted by Crippen LogP contribution is 2.23. The van der Waals surface area contributed by atoms with Gasteiger partial charge in [0.1, 0.15) is 5.84 Å². The number of halogens is 3. The first-order chi connectivity index (χ1) is 16.4. The molecular formula is C24H29ClF2N4O3. The SMILES string of the molecule is O=C(c1ccc(Cl)cc1)C1CCN(CC(=O)N(CC2=NCC3=C(CCOC3)N2)CC(F)F)CC1. The van der Waals surface area contributed by atoms with Crippen molar-refractivity contribution in [3.8, 4) is 0 Å². The van der Waals surface area contributed by atoms with Crippen molar-refractivity contribution < 1.29 is 23.1 Å².